The van der Waals surface area contributed by atoms with Crippen molar-refractivity contribution in [2.45, 2.75) is 26.9 Å². The Hall–Kier alpha value is -0.640. The predicted octanol–water partition coefficient (Wildman–Crippen LogP) is 1.64. The van der Waals surface area contributed by atoms with Crippen molar-refractivity contribution in [1.29, 1.82) is 0 Å². The van der Waals surface area contributed by atoms with Crippen molar-refractivity contribution in [1.82, 2.24) is 0 Å². The smallest absolute Gasteiger partial charge is 0.110 e. The summed E-state index contributed by atoms with van der Waals surface area (Å²) in [6, 6.07) is 0. The van der Waals surface area contributed by atoms with Crippen molar-refractivity contribution in [3.05, 3.63) is 0 Å². The number of terminal acetylenes is 1. The van der Waals surface area contributed by atoms with Crippen molar-refractivity contribution >= 4 is 0 Å². The number of hydrogen-bond acceptors (Lipinski definition) is 1. The van der Waals surface area contributed by atoms with Gasteiger partial charge in [0.05, 0.1) is 0 Å². The van der Waals surface area contributed by atoms with E-state index in [4.69, 9.17) is 11.2 Å². The molecular formula is C7H12O. The average Bonchev–Trinajstić information content (AvgIpc) is 1.67. The molecule has 1 unspecified atom stereocenters. The lowest BCUT2D eigenvalue weighted by Crippen LogP contribution is -2.11. The maximum absolute atomic E-state index is 4.90. The Kier molecular flexibility index (Phi) is 3.10. The fourth-order valence-corrected chi connectivity index (χ4v) is 0.243. The van der Waals surface area contributed by atoms with Gasteiger partial charge in [-0.3, -0.25) is 0 Å². The SMILES string of the molecule is C#COC(C)C(C)C. The highest BCUT2D eigenvalue weighted by Gasteiger charge is 2.04. The molecule has 0 rings (SSSR count). The summed E-state index contributed by atoms with van der Waals surface area (Å²) >= 11 is 0. The van der Waals surface area contributed by atoms with Crippen LogP contribution in [-0.2, 0) is 4.74 Å². The zero-order chi connectivity index (χ0) is 6.57. The van der Waals surface area contributed by atoms with E-state index in [0.717, 1.165) is 0 Å². The third-order valence-corrected chi connectivity index (χ3v) is 1.19. The van der Waals surface area contributed by atoms with Gasteiger partial charge in [-0.1, -0.05) is 20.3 Å². The van der Waals surface area contributed by atoms with Crippen molar-refractivity contribution in [3.63, 3.8) is 0 Å². The second-order valence-corrected chi connectivity index (χ2v) is 2.18. The Balaban J connectivity index is 3.35. The molecule has 0 fully saturated rings. The summed E-state index contributed by atoms with van der Waals surface area (Å²) in [7, 11) is 0. The van der Waals surface area contributed by atoms with Crippen LogP contribution in [0, 0.1) is 18.4 Å². The zero-order valence-electron chi connectivity index (χ0n) is 5.64. The Labute approximate surface area is 51.0 Å². The van der Waals surface area contributed by atoms with Gasteiger partial charge in [0.2, 0.25) is 0 Å². The van der Waals surface area contributed by atoms with Gasteiger partial charge in [0.25, 0.3) is 0 Å². The van der Waals surface area contributed by atoms with Crippen LogP contribution in [0.2, 0.25) is 0 Å². The summed E-state index contributed by atoms with van der Waals surface area (Å²) in [5.41, 5.74) is 0. The highest BCUT2D eigenvalue weighted by molar-refractivity contribution is 4.72. The van der Waals surface area contributed by atoms with Crippen molar-refractivity contribution in [2.24, 2.45) is 5.92 Å². The van der Waals surface area contributed by atoms with Crippen LogP contribution < -0.4 is 0 Å². The maximum Gasteiger partial charge on any atom is 0.110 e. The predicted molar refractivity (Wildman–Crippen MR) is 34.2 cm³/mol. The highest BCUT2D eigenvalue weighted by atomic mass is 16.5. The van der Waals surface area contributed by atoms with Gasteiger partial charge >= 0.3 is 0 Å². The first-order valence-electron chi connectivity index (χ1n) is 2.79. The Bertz CT molecular complexity index is 89.1. The third kappa shape index (κ3) is 2.52. The molecule has 46 valence electrons. The van der Waals surface area contributed by atoms with E-state index in [2.05, 4.69) is 20.0 Å². The topological polar surface area (TPSA) is 9.23 Å². The van der Waals surface area contributed by atoms with Crippen LogP contribution >= 0.6 is 0 Å². The molecule has 1 heteroatoms. The molecule has 0 aromatic rings. The lowest BCUT2D eigenvalue weighted by molar-refractivity contribution is 0.138. The van der Waals surface area contributed by atoms with Crippen molar-refractivity contribution in [3.8, 4) is 12.5 Å². The molecule has 0 aromatic carbocycles. The molecule has 0 saturated carbocycles. The molecule has 0 amide bonds. The summed E-state index contributed by atoms with van der Waals surface area (Å²) in [5, 5.41) is 0. The summed E-state index contributed by atoms with van der Waals surface area (Å²) < 4.78 is 4.83. The maximum atomic E-state index is 4.90. The second kappa shape index (κ2) is 3.37. The molecule has 0 N–H and O–H groups in total. The van der Waals surface area contributed by atoms with Gasteiger partial charge < -0.3 is 4.74 Å². The fraction of sp³-hybridized carbons (Fsp3) is 0.714. The second-order valence-electron chi connectivity index (χ2n) is 2.18. The van der Waals surface area contributed by atoms with E-state index in [1.54, 1.807) is 0 Å². The van der Waals surface area contributed by atoms with Crippen LogP contribution in [0.4, 0.5) is 0 Å². The highest BCUT2D eigenvalue weighted by Crippen LogP contribution is 2.02. The Morgan fingerprint density at radius 3 is 2.00 bits per heavy atom. The Morgan fingerprint density at radius 2 is 1.88 bits per heavy atom. The van der Waals surface area contributed by atoms with E-state index in [1.165, 1.54) is 0 Å². The summed E-state index contributed by atoms with van der Waals surface area (Å²) in [4.78, 5) is 0. The minimum absolute atomic E-state index is 0.181. The van der Waals surface area contributed by atoms with Gasteiger partial charge in [-0.25, -0.2) is 0 Å². The third-order valence-electron chi connectivity index (χ3n) is 1.19. The first-order valence-corrected chi connectivity index (χ1v) is 2.79. The van der Waals surface area contributed by atoms with Crippen LogP contribution in [0.1, 0.15) is 20.8 Å². The van der Waals surface area contributed by atoms with E-state index < -0.39 is 0 Å². The van der Waals surface area contributed by atoms with Gasteiger partial charge in [-0.2, -0.15) is 0 Å². The quantitative estimate of drug-likeness (QED) is 0.493. The first-order chi connectivity index (χ1) is 3.68. The number of hydrogen-bond donors (Lipinski definition) is 0. The van der Waals surface area contributed by atoms with Crippen molar-refractivity contribution < 1.29 is 4.74 Å². The van der Waals surface area contributed by atoms with Crippen molar-refractivity contribution in [2.75, 3.05) is 0 Å². The van der Waals surface area contributed by atoms with Gasteiger partial charge in [-0.05, 0) is 12.8 Å². The molecule has 0 bridgehead atoms. The zero-order valence-corrected chi connectivity index (χ0v) is 5.64. The molecule has 0 aliphatic rings. The lowest BCUT2D eigenvalue weighted by Gasteiger charge is -2.11. The van der Waals surface area contributed by atoms with E-state index in [1.807, 2.05) is 6.92 Å². The van der Waals surface area contributed by atoms with Crippen LogP contribution in [0.25, 0.3) is 0 Å². The fourth-order valence-electron chi connectivity index (χ4n) is 0.243. The van der Waals surface area contributed by atoms with E-state index in [-0.39, 0.29) is 6.10 Å². The summed E-state index contributed by atoms with van der Waals surface area (Å²) in [5.74, 6) is 0.506. The first kappa shape index (κ1) is 7.36. The Morgan fingerprint density at radius 1 is 1.38 bits per heavy atom. The normalized spacial score (nSPS) is 12.9. The van der Waals surface area contributed by atoms with Crippen LogP contribution in [-0.4, -0.2) is 6.10 Å². The molecular weight excluding hydrogens is 100 g/mol. The largest absolute Gasteiger partial charge is 0.444 e. The van der Waals surface area contributed by atoms with Gasteiger partial charge in [0.15, 0.2) is 0 Å². The monoisotopic (exact) mass is 112 g/mol. The molecule has 0 aromatic heterocycles. The van der Waals surface area contributed by atoms with Crippen LogP contribution in [0.3, 0.4) is 0 Å². The number of rotatable bonds is 2. The van der Waals surface area contributed by atoms with E-state index in [0.29, 0.717) is 5.92 Å². The van der Waals surface area contributed by atoms with E-state index >= 15 is 0 Å². The molecule has 8 heavy (non-hydrogen) atoms. The number of ether oxygens (including phenoxy) is 1. The van der Waals surface area contributed by atoms with Crippen LogP contribution in [0.15, 0.2) is 0 Å². The molecule has 0 aliphatic heterocycles. The standard InChI is InChI=1S/C7H12O/c1-5-8-7(4)6(2)3/h1,6-7H,2-4H3. The molecule has 0 radical (unpaired) electrons. The summed E-state index contributed by atoms with van der Waals surface area (Å²) in [6.45, 7) is 6.11. The molecule has 1 atom stereocenters. The van der Waals surface area contributed by atoms with Gasteiger partial charge in [-0.15, -0.1) is 0 Å². The van der Waals surface area contributed by atoms with Gasteiger partial charge in [0, 0.05) is 0 Å². The minimum Gasteiger partial charge on any atom is -0.444 e. The lowest BCUT2D eigenvalue weighted by atomic mass is 10.1. The van der Waals surface area contributed by atoms with E-state index in [9.17, 15) is 0 Å². The molecule has 0 heterocycles. The molecule has 1 nitrogen and oxygen atoms in total. The molecule has 0 spiro atoms. The average molecular weight is 112 g/mol. The minimum atomic E-state index is 0.181. The molecule has 0 saturated heterocycles. The summed E-state index contributed by atoms with van der Waals surface area (Å²) in [6.07, 6.45) is 7.22. The van der Waals surface area contributed by atoms with Gasteiger partial charge in [0.1, 0.15) is 12.2 Å². The molecule has 0 aliphatic carbocycles. The van der Waals surface area contributed by atoms with Crippen LogP contribution in [0.5, 0.6) is 0 Å².